The Morgan fingerprint density at radius 1 is 1.21 bits per heavy atom. The Labute approximate surface area is 86.4 Å². The molecule has 0 atom stereocenters. The molecule has 1 rings (SSSR count). The molecule has 0 aliphatic rings. The number of methoxy groups -OCH3 is 1. The van der Waals surface area contributed by atoms with Crippen LogP contribution in [0.15, 0.2) is 30.3 Å². The van der Waals surface area contributed by atoms with Crippen molar-refractivity contribution in [3.63, 3.8) is 0 Å². The van der Waals surface area contributed by atoms with E-state index in [1.165, 1.54) is 11.1 Å². The molecule has 0 saturated heterocycles. The van der Waals surface area contributed by atoms with E-state index in [2.05, 4.69) is 32.1 Å². The molecular weight excluding hydrogens is 172 g/mol. The molecule has 1 aromatic rings. The Morgan fingerprint density at radius 2 is 1.86 bits per heavy atom. The Hall–Kier alpha value is -1.24. The van der Waals surface area contributed by atoms with Crippen LogP contribution in [0.5, 0.6) is 5.75 Å². The van der Waals surface area contributed by atoms with Gasteiger partial charge in [0, 0.05) is 0 Å². The predicted octanol–water partition coefficient (Wildman–Crippen LogP) is 3.90. The zero-order chi connectivity index (χ0) is 10.4. The number of ether oxygens (including phenoxy) is 1. The van der Waals surface area contributed by atoms with E-state index in [-0.39, 0.29) is 0 Å². The molecule has 0 N–H and O–H groups in total. The van der Waals surface area contributed by atoms with Crippen LogP contribution in [0.3, 0.4) is 0 Å². The first kappa shape index (κ1) is 10.8. The lowest BCUT2D eigenvalue weighted by Crippen LogP contribution is -1.85. The summed E-state index contributed by atoms with van der Waals surface area (Å²) in [6.07, 6.45) is 4.46. The maximum Gasteiger partial charge on any atom is 0.118 e. The number of hydrogen-bond donors (Lipinski definition) is 0. The monoisotopic (exact) mass is 190 g/mol. The first-order chi connectivity index (χ1) is 6.81. The molecule has 14 heavy (non-hydrogen) atoms. The summed E-state index contributed by atoms with van der Waals surface area (Å²) in [4.78, 5) is 0. The fraction of sp³-hybridized carbons (Fsp3) is 0.385. The van der Waals surface area contributed by atoms with Gasteiger partial charge < -0.3 is 4.74 Å². The second-order valence-electron chi connectivity index (χ2n) is 3.22. The van der Waals surface area contributed by atoms with E-state index in [9.17, 15) is 0 Å². The van der Waals surface area contributed by atoms with Crippen molar-refractivity contribution in [2.45, 2.75) is 26.7 Å². The lowest BCUT2D eigenvalue weighted by atomic mass is 10.0. The number of rotatable bonds is 4. The fourth-order valence-corrected chi connectivity index (χ4v) is 1.52. The molecule has 1 nitrogen and oxygen atoms in total. The van der Waals surface area contributed by atoms with Crippen molar-refractivity contribution < 1.29 is 4.74 Å². The summed E-state index contributed by atoms with van der Waals surface area (Å²) < 4.78 is 5.12. The lowest BCUT2D eigenvalue weighted by molar-refractivity contribution is 0.415. The highest BCUT2D eigenvalue weighted by Gasteiger charge is 1.98. The van der Waals surface area contributed by atoms with E-state index >= 15 is 0 Å². The minimum Gasteiger partial charge on any atom is -0.497 e. The Balaban J connectivity index is 2.89. The zero-order valence-corrected chi connectivity index (χ0v) is 9.21. The Morgan fingerprint density at radius 3 is 2.29 bits per heavy atom. The van der Waals surface area contributed by atoms with Crippen molar-refractivity contribution in [3.05, 3.63) is 35.9 Å². The average Bonchev–Trinajstić information content (AvgIpc) is 2.26. The normalized spacial score (nSPS) is 11.5. The van der Waals surface area contributed by atoms with E-state index in [1.54, 1.807) is 7.11 Å². The van der Waals surface area contributed by atoms with Crippen molar-refractivity contribution in [3.8, 4) is 5.75 Å². The van der Waals surface area contributed by atoms with E-state index < -0.39 is 0 Å². The summed E-state index contributed by atoms with van der Waals surface area (Å²) in [5.41, 5.74) is 2.71. The Bertz CT molecular complexity index is 296. The summed E-state index contributed by atoms with van der Waals surface area (Å²) in [5, 5.41) is 0. The van der Waals surface area contributed by atoms with Gasteiger partial charge in [0.2, 0.25) is 0 Å². The summed E-state index contributed by atoms with van der Waals surface area (Å²) in [6, 6.07) is 8.25. The summed E-state index contributed by atoms with van der Waals surface area (Å²) in [7, 11) is 1.69. The largest absolute Gasteiger partial charge is 0.497 e. The quantitative estimate of drug-likeness (QED) is 0.699. The third-order valence-corrected chi connectivity index (χ3v) is 2.29. The molecule has 0 aromatic heterocycles. The minimum atomic E-state index is 0.917. The molecule has 0 radical (unpaired) electrons. The molecule has 0 aliphatic carbocycles. The fourth-order valence-electron chi connectivity index (χ4n) is 1.52. The van der Waals surface area contributed by atoms with E-state index in [4.69, 9.17) is 4.74 Å². The van der Waals surface area contributed by atoms with Crippen LogP contribution in [0.1, 0.15) is 32.3 Å². The first-order valence-corrected chi connectivity index (χ1v) is 5.15. The molecule has 0 bridgehead atoms. The van der Waals surface area contributed by atoms with Gasteiger partial charge in [0.25, 0.3) is 0 Å². The van der Waals surface area contributed by atoms with Gasteiger partial charge in [0.1, 0.15) is 5.75 Å². The van der Waals surface area contributed by atoms with Crippen molar-refractivity contribution in [1.29, 1.82) is 0 Å². The average molecular weight is 190 g/mol. The van der Waals surface area contributed by atoms with Gasteiger partial charge >= 0.3 is 0 Å². The van der Waals surface area contributed by atoms with Crippen molar-refractivity contribution in [2.75, 3.05) is 7.11 Å². The molecule has 1 aromatic carbocycles. The van der Waals surface area contributed by atoms with Gasteiger partial charge in [-0.3, -0.25) is 0 Å². The van der Waals surface area contributed by atoms with Crippen LogP contribution in [0.4, 0.5) is 0 Å². The van der Waals surface area contributed by atoms with Crippen molar-refractivity contribution >= 4 is 5.57 Å². The van der Waals surface area contributed by atoms with Crippen molar-refractivity contribution in [2.24, 2.45) is 0 Å². The summed E-state index contributed by atoms with van der Waals surface area (Å²) in [5.74, 6) is 0.917. The molecule has 76 valence electrons. The van der Waals surface area contributed by atoms with Gasteiger partial charge in [-0.05, 0) is 36.1 Å². The third kappa shape index (κ3) is 2.63. The molecule has 0 aliphatic heterocycles. The van der Waals surface area contributed by atoms with E-state index in [1.807, 2.05) is 12.1 Å². The lowest BCUT2D eigenvalue weighted by Gasteiger charge is -2.05. The second kappa shape index (κ2) is 5.48. The number of allylic oxidation sites excluding steroid dienone is 2. The first-order valence-electron chi connectivity index (χ1n) is 5.15. The smallest absolute Gasteiger partial charge is 0.118 e. The predicted molar refractivity (Wildman–Crippen MR) is 61.6 cm³/mol. The molecule has 0 spiro atoms. The van der Waals surface area contributed by atoms with Gasteiger partial charge in [-0.15, -0.1) is 0 Å². The van der Waals surface area contributed by atoms with Gasteiger partial charge in [-0.25, -0.2) is 0 Å². The topological polar surface area (TPSA) is 9.23 Å². The van der Waals surface area contributed by atoms with Gasteiger partial charge in [-0.2, -0.15) is 0 Å². The van der Waals surface area contributed by atoms with Crippen LogP contribution in [0.25, 0.3) is 5.57 Å². The highest BCUT2D eigenvalue weighted by molar-refractivity contribution is 5.65. The Kier molecular flexibility index (Phi) is 4.24. The highest BCUT2D eigenvalue weighted by Crippen LogP contribution is 2.21. The molecule has 0 heterocycles. The molecule has 0 saturated carbocycles. The SMILES string of the molecule is CC/C=C(/CC)c1ccc(OC)cc1. The molecule has 1 heteroatoms. The number of benzene rings is 1. The maximum absolute atomic E-state index is 5.12. The van der Waals surface area contributed by atoms with Gasteiger partial charge in [0.15, 0.2) is 0 Å². The molecule has 0 fully saturated rings. The summed E-state index contributed by atoms with van der Waals surface area (Å²) in [6.45, 7) is 4.35. The van der Waals surface area contributed by atoms with Gasteiger partial charge in [0.05, 0.1) is 7.11 Å². The van der Waals surface area contributed by atoms with Crippen LogP contribution in [-0.4, -0.2) is 7.11 Å². The van der Waals surface area contributed by atoms with Crippen molar-refractivity contribution in [1.82, 2.24) is 0 Å². The van der Waals surface area contributed by atoms with Crippen LogP contribution in [0.2, 0.25) is 0 Å². The maximum atomic E-state index is 5.12. The van der Waals surface area contributed by atoms with E-state index in [0.29, 0.717) is 0 Å². The zero-order valence-electron chi connectivity index (χ0n) is 9.21. The van der Waals surface area contributed by atoms with Crippen LogP contribution < -0.4 is 4.74 Å². The standard InChI is InChI=1S/C13H18O/c1-4-6-11(5-2)12-7-9-13(14-3)10-8-12/h6-10H,4-5H2,1-3H3/b11-6-. The minimum absolute atomic E-state index is 0.917. The van der Waals surface area contributed by atoms with Crippen LogP contribution >= 0.6 is 0 Å². The van der Waals surface area contributed by atoms with Crippen LogP contribution in [0, 0.1) is 0 Å². The van der Waals surface area contributed by atoms with E-state index in [0.717, 1.165) is 18.6 Å². The summed E-state index contributed by atoms with van der Waals surface area (Å²) >= 11 is 0. The highest BCUT2D eigenvalue weighted by atomic mass is 16.5. The van der Waals surface area contributed by atoms with Gasteiger partial charge in [-0.1, -0.05) is 32.1 Å². The molecule has 0 unspecified atom stereocenters. The number of hydrogen-bond acceptors (Lipinski definition) is 1. The molecule has 0 amide bonds. The molecular formula is C13H18O. The third-order valence-electron chi connectivity index (χ3n) is 2.29. The second-order valence-corrected chi connectivity index (χ2v) is 3.22. The van der Waals surface area contributed by atoms with Crippen LogP contribution in [-0.2, 0) is 0 Å².